The number of hydrogen-bond acceptors (Lipinski definition) is 2. The van der Waals surface area contributed by atoms with Crippen molar-refractivity contribution in [2.45, 2.75) is 60.0 Å². The summed E-state index contributed by atoms with van der Waals surface area (Å²) in [5.41, 5.74) is -0.595. The minimum absolute atomic E-state index is 0.00803. The lowest BCUT2D eigenvalue weighted by Crippen LogP contribution is -2.50. The van der Waals surface area contributed by atoms with Gasteiger partial charge in [0.1, 0.15) is 5.60 Å². The van der Waals surface area contributed by atoms with E-state index < -0.39 is 0 Å². The van der Waals surface area contributed by atoms with Crippen LogP contribution in [-0.4, -0.2) is 11.6 Å². The molecule has 2 atom stereocenters. The molecular weight excluding hydrogens is 188 g/mol. The van der Waals surface area contributed by atoms with Crippen LogP contribution in [0.15, 0.2) is 0 Å². The first kappa shape index (κ1) is 11.0. The summed E-state index contributed by atoms with van der Waals surface area (Å²) in [6.07, 6.45) is 1.97. The Morgan fingerprint density at radius 2 is 1.67 bits per heavy atom. The predicted octanol–water partition coefficient (Wildman–Crippen LogP) is 3.15. The highest BCUT2D eigenvalue weighted by atomic mass is 16.6. The fourth-order valence-electron chi connectivity index (χ4n) is 3.77. The Kier molecular flexibility index (Phi) is 1.76. The monoisotopic (exact) mass is 210 g/mol. The summed E-state index contributed by atoms with van der Waals surface area (Å²) >= 11 is 0. The molecule has 0 aromatic carbocycles. The van der Waals surface area contributed by atoms with Crippen LogP contribution in [0.5, 0.6) is 0 Å². The fourth-order valence-corrected chi connectivity index (χ4v) is 3.77. The molecule has 1 heterocycles. The van der Waals surface area contributed by atoms with Crippen LogP contribution in [0, 0.1) is 16.2 Å². The zero-order chi connectivity index (χ0) is 11.7. The zero-order valence-corrected chi connectivity index (χ0v) is 10.7. The highest BCUT2D eigenvalue weighted by Gasteiger charge is 2.75. The molecular formula is C13H22O2. The molecule has 1 unspecified atom stereocenters. The molecule has 0 spiro atoms. The van der Waals surface area contributed by atoms with Crippen LogP contribution in [0.3, 0.4) is 0 Å². The van der Waals surface area contributed by atoms with Crippen molar-refractivity contribution in [3.05, 3.63) is 0 Å². The first-order valence-corrected chi connectivity index (χ1v) is 5.82. The minimum Gasteiger partial charge on any atom is -0.457 e. The van der Waals surface area contributed by atoms with Crippen LogP contribution in [0.1, 0.15) is 54.4 Å². The van der Waals surface area contributed by atoms with E-state index in [1.807, 2.05) is 0 Å². The van der Waals surface area contributed by atoms with Crippen molar-refractivity contribution >= 4 is 5.97 Å². The molecule has 2 rings (SSSR count). The Hall–Kier alpha value is -0.530. The molecule has 1 saturated heterocycles. The third-order valence-electron chi connectivity index (χ3n) is 5.30. The smallest absolute Gasteiger partial charge is 0.313 e. The van der Waals surface area contributed by atoms with Gasteiger partial charge in [-0.3, -0.25) is 4.79 Å². The zero-order valence-electron chi connectivity index (χ0n) is 10.7. The normalized spacial score (nSPS) is 43.2. The molecule has 0 N–H and O–H groups in total. The summed E-state index contributed by atoms with van der Waals surface area (Å²) in [7, 11) is 0. The van der Waals surface area contributed by atoms with Gasteiger partial charge in [-0.1, -0.05) is 34.6 Å². The van der Waals surface area contributed by atoms with Crippen LogP contribution in [0.2, 0.25) is 0 Å². The van der Waals surface area contributed by atoms with Crippen molar-refractivity contribution in [1.29, 1.82) is 0 Å². The maximum Gasteiger partial charge on any atom is 0.313 e. The first-order valence-electron chi connectivity index (χ1n) is 5.82. The fraction of sp³-hybridized carbons (Fsp3) is 0.923. The van der Waals surface area contributed by atoms with Crippen LogP contribution in [-0.2, 0) is 9.53 Å². The van der Waals surface area contributed by atoms with Gasteiger partial charge in [0.15, 0.2) is 0 Å². The van der Waals surface area contributed by atoms with Crippen LogP contribution in [0.25, 0.3) is 0 Å². The van der Waals surface area contributed by atoms with Crippen LogP contribution < -0.4 is 0 Å². The highest BCUT2D eigenvalue weighted by molar-refractivity contribution is 5.82. The van der Waals surface area contributed by atoms with Crippen molar-refractivity contribution in [2.75, 3.05) is 0 Å². The van der Waals surface area contributed by atoms with Crippen molar-refractivity contribution in [3.8, 4) is 0 Å². The summed E-state index contributed by atoms with van der Waals surface area (Å²) in [6, 6.07) is 0. The van der Waals surface area contributed by atoms with Gasteiger partial charge in [-0.05, 0) is 19.8 Å². The second kappa shape index (κ2) is 2.41. The van der Waals surface area contributed by atoms with Gasteiger partial charge in [-0.25, -0.2) is 0 Å². The van der Waals surface area contributed by atoms with E-state index in [2.05, 4.69) is 41.5 Å². The molecule has 2 bridgehead atoms. The van der Waals surface area contributed by atoms with E-state index in [1.165, 1.54) is 0 Å². The molecule has 2 fully saturated rings. The quantitative estimate of drug-likeness (QED) is 0.574. The number of esters is 1. The van der Waals surface area contributed by atoms with Gasteiger partial charge in [-0.2, -0.15) is 0 Å². The highest BCUT2D eigenvalue weighted by Crippen LogP contribution is 2.70. The third kappa shape index (κ3) is 0.896. The summed E-state index contributed by atoms with van der Waals surface area (Å²) in [4.78, 5) is 12.0. The molecule has 1 aliphatic heterocycles. The van der Waals surface area contributed by atoms with Gasteiger partial charge in [-0.15, -0.1) is 0 Å². The molecule has 2 aliphatic rings. The lowest BCUT2D eigenvalue weighted by Gasteiger charge is -2.46. The summed E-state index contributed by atoms with van der Waals surface area (Å²) < 4.78 is 5.79. The Labute approximate surface area is 92.4 Å². The second-order valence-corrected chi connectivity index (χ2v) is 6.92. The molecule has 2 heteroatoms. The Morgan fingerprint density at radius 3 is 1.87 bits per heavy atom. The molecule has 0 aromatic heterocycles. The average Bonchev–Trinajstić information content (AvgIpc) is 2.33. The Balaban J connectivity index is 2.59. The number of carbonyl (C=O) groups excluding carboxylic acids is 1. The second-order valence-electron chi connectivity index (χ2n) is 6.92. The Bertz CT molecular complexity index is 324. The van der Waals surface area contributed by atoms with E-state index in [0.29, 0.717) is 0 Å². The first-order chi connectivity index (χ1) is 6.58. The minimum atomic E-state index is -0.277. The van der Waals surface area contributed by atoms with E-state index >= 15 is 0 Å². The van der Waals surface area contributed by atoms with Gasteiger partial charge in [0.2, 0.25) is 0 Å². The number of fused-ring (bicyclic) bond motifs is 2. The molecule has 1 saturated carbocycles. The van der Waals surface area contributed by atoms with Gasteiger partial charge in [0.05, 0.1) is 5.41 Å². The maximum atomic E-state index is 12.0. The van der Waals surface area contributed by atoms with Crippen molar-refractivity contribution in [1.82, 2.24) is 0 Å². The summed E-state index contributed by atoms with van der Waals surface area (Å²) in [5, 5.41) is 0. The summed E-state index contributed by atoms with van der Waals surface area (Å²) in [5.74, 6) is 0.00803. The largest absolute Gasteiger partial charge is 0.457 e. The molecule has 2 nitrogen and oxygen atoms in total. The van der Waals surface area contributed by atoms with Gasteiger partial charge in [0.25, 0.3) is 0 Å². The molecule has 0 amide bonds. The van der Waals surface area contributed by atoms with E-state index in [4.69, 9.17) is 4.74 Å². The SMILES string of the molecule is CC(C)(C)C12CC[C@](C)(C(=O)O1)C2(C)C. The van der Waals surface area contributed by atoms with Crippen molar-refractivity contribution in [2.24, 2.45) is 16.2 Å². The lowest BCUT2D eigenvalue weighted by atomic mass is 9.59. The number of hydrogen-bond donors (Lipinski definition) is 0. The van der Waals surface area contributed by atoms with Crippen LogP contribution >= 0.6 is 0 Å². The third-order valence-corrected chi connectivity index (χ3v) is 5.30. The maximum absolute atomic E-state index is 12.0. The number of carbonyl (C=O) groups is 1. The van der Waals surface area contributed by atoms with Gasteiger partial charge >= 0.3 is 5.97 Å². The van der Waals surface area contributed by atoms with Gasteiger partial charge in [0, 0.05) is 10.8 Å². The topological polar surface area (TPSA) is 26.3 Å². The Morgan fingerprint density at radius 1 is 1.13 bits per heavy atom. The molecule has 15 heavy (non-hydrogen) atoms. The molecule has 0 aromatic rings. The molecule has 0 radical (unpaired) electrons. The van der Waals surface area contributed by atoms with E-state index in [-0.39, 0.29) is 27.8 Å². The molecule has 1 aliphatic carbocycles. The van der Waals surface area contributed by atoms with E-state index in [9.17, 15) is 4.79 Å². The van der Waals surface area contributed by atoms with Crippen LogP contribution in [0.4, 0.5) is 0 Å². The lowest BCUT2D eigenvalue weighted by molar-refractivity contribution is -0.172. The standard InChI is InChI=1S/C13H22O2/c1-10(2,3)13-8-7-12(6,9(14)15-13)11(13,4)5/h7-8H2,1-6H3/t12-,13?/m1/s1. The van der Waals surface area contributed by atoms with Gasteiger partial charge < -0.3 is 4.74 Å². The summed E-state index contributed by atoms with van der Waals surface area (Å²) in [6.45, 7) is 13.0. The average molecular weight is 210 g/mol. The van der Waals surface area contributed by atoms with Crippen molar-refractivity contribution in [3.63, 3.8) is 0 Å². The van der Waals surface area contributed by atoms with E-state index in [0.717, 1.165) is 12.8 Å². The van der Waals surface area contributed by atoms with Crippen molar-refractivity contribution < 1.29 is 9.53 Å². The molecule has 86 valence electrons. The number of ether oxygens (including phenoxy) is 1. The predicted molar refractivity (Wildman–Crippen MR) is 59.4 cm³/mol. The number of rotatable bonds is 0. The van der Waals surface area contributed by atoms with E-state index in [1.54, 1.807) is 0 Å².